The lowest BCUT2D eigenvalue weighted by Crippen LogP contribution is -1.95. The van der Waals surface area contributed by atoms with Gasteiger partial charge >= 0.3 is 0 Å². The van der Waals surface area contributed by atoms with E-state index in [0.29, 0.717) is 6.29 Å². The van der Waals surface area contributed by atoms with Crippen LogP contribution in [0.25, 0.3) is 0 Å². The van der Waals surface area contributed by atoms with Crippen LogP contribution in [0.5, 0.6) is 11.5 Å². The molecule has 0 saturated carbocycles. The zero-order valence-electron chi connectivity index (χ0n) is 7.23. The number of aldehydes is 1. The van der Waals surface area contributed by atoms with Crippen molar-refractivity contribution < 1.29 is 19.8 Å². The molecule has 1 aromatic carbocycles. The van der Waals surface area contributed by atoms with Gasteiger partial charge in [-0.3, -0.25) is 9.59 Å². The third-order valence-electron chi connectivity index (χ3n) is 1.72. The van der Waals surface area contributed by atoms with Crippen molar-refractivity contribution in [3.8, 4) is 11.5 Å². The maximum Gasteiger partial charge on any atom is 0.185 e. The monoisotopic (exact) mass is 192 g/mol. The van der Waals surface area contributed by atoms with E-state index in [-0.39, 0.29) is 11.1 Å². The van der Waals surface area contributed by atoms with Gasteiger partial charge in [0.05, 0.1) is 5.56 Å². The summed E-state index contributed by atoms with van der Waals surface area (Å²) in [6, 6.07) is 2.21. The molecule has 0 saturated heterocycles. The van der Waals surface area contributed by atoms with Gasteiger partial charge in [-0.1, -0.05) is 6.58 Å². The molecule has 72 valence electrons. The fraction of sp³-hybridized carbons (Fsp3) is 0. The highest BCUT2D eigenvalue weighted by molar-refractivity contribution is 6.05. The molecule has 0 atom stereocenters. The third-order valence-corrected chi connectivity index (χ3v) is 1.72. The molecule has 0 fully saturated rings. The lowest BCUT2D eigenvalue weighted by atomic mass is 10.1. The molecule has 0 aliphatic rings. The topological polar surface area (TPSA) is 74.6 Å². The molecule has 0 amide bonds. The Bertz CT molecular complexity index is 384. The number of phenolic OH excluding ortho intramolecular Hbond substituents is 2. The van der Waals surface area contributed by atoms with E-state index in [1.807, 2.05) is 0 Å². The van der Waals surface area contributed by atoms with Gasteiger partial charge in [0.25, 0.3) is 0 Å². The Balaban J connectivity index is 3.33. The first-order chi connectivity index (χ1) is 6.60. The van der Waals surface area contributed by atoms with Crippen LogP contribution >= 0.6 is 0 Å². The molecule has 0 aromatic heterocycles. The summed E-state index contributed by atoms with van der Waals surface area (Å²) in [5.41, 5.74) is -0.147. The van der Waals surface area contributed by atoms with Gasteiger partial charge in [-0.2, -0.15) is 0 Å². The molecule has 1 rings (SSSR count). The highest BCUT2D eigenvalue weighted by Crippen LogP contribution is 2.27. The molecule has 0 heterocycles. The van der Waals surface area contributed by atoms with Crippen LogP contribution in [0.4, 0.5) is 0 Å². The molecule has 0 bridgehead atoms. The highest BCUT2D eigenvalue weighted by Gasteiger charge is 2.11. The van der Waals surface area contributed by atoms with Gasteiger partial charge in [-0.15, -0.1) is 0 Å². The summed E-state index contributed by atoms with van der Waals surface area (Å²) in [5, 5.41) is 18.5. The lowest BCUT2D eigenvalue weighted by molar-refractivity contribution is 0.104. The molecule has 0 aliphatic heterocycles. The van der Waals surface area contributed by atoms with Crippen LogP contribution in [0.2, 0.25) is 0 Å². The third kappa shape index (κ3) is 1.64. The first-order valence-corrected chi connectivity index (χ1v) is 3.78. The SMILES string of the molecule is C=CC(=O)c1cc(O)c(C=O)c(O)c1. The first-order valence-electron chi connectivity index (χ1n) is 3.78. The molecule has 0 aliphatic carbocycles. The van der Waals surface area contributed by atoms with E-state index in [2.05, 4.69) is 6.58 Å². The number of carbonyl (C=O) groups is 2. The van der Waals surface area contributed by atoms with Crippen molar-refractivity contribution in [2.24, 2.45) is 0 Å². The number of aromatic hydroxyl groups is 2. The zero-order chi connectivity index (χ0) is 10.7. The summed E-state index contributed by atoms with van der Waals surface area (Å²) in [6.45, 7) is 3.26. The van der Waals surface area contributed by atoms with Gasteiger partial charge < -0.3 is 10.2 Å². The maximum absolute atomic E-state index is 11.1. The minimum Gasteiger partial charge on any atom is -0.507 e. The molecule has 14 heavy (non-hydrogen) atoms. The first kappa shape index (κ1) is 9.98. The van der Waals surface area contributed by atoms with Crippen LogP contribution in [0.3, 0.4) is 0 Å². The predicted molar refractivity (Wildman–Crippen MR) is 49.7 cm³/mol. The molecular weight excluding hydrogens is 184 g/mol. The second-order valence-corrected chi connectivity index (χ2v) is 2.61. The molecule has 0 radical (unpaired) electrons. The molecular formula is C10H8O4. The number of hydrogen-bond donors (Lipinski definition) is 2. The smallest absolute Gasteiger partial charge is 0.185 e. The summed E-state index contributed by atoms with van der Waals surface area (Å²) in [6.07, 6.45) is 1.36. The minimum absolute atomic E-state index is 0.0839. The van der Waals surface area contributed by atoms with E-state index in [4.69, 9.17) is 0 Å². The summed E-state index contributed by atoms with van der Waals surface area (Å²) in [5.74, 6) is -1.29. The quantitative estimate of drug-likeness (QED) is 0.429. The van der Waals surface area contributed by atoms with Crippen LogP contribution in [0, 0.1) is 0 Å². The Hall–Kier alpha value is -2.10. The summed E-state index contributed by atoms with van der Waals surface area (Å²) >= 11 is 0. The maximum atomic E-state index is 11.1. The van der Waals surface area contributed by atoms with Crippen molar-refractivity contribution in [1.29, 1.82) is 0 Å². The van der Waals surface area contributed by atoms with Gasteiger partial charge in [0.15, 0.2) is 12.1 Å². The molecule has 4 heteroatoms. The molecule has 2 N–H and O–H groups in total. The van der Waals surface area contributed by atoms with Crippen molar-refractivity contribution in [1.82, 2.24) is 0 Å². The number of rotatable bonds is 3. The summed E-state index contributed by atoms with van der Waals surface area (Å²) < 4.78 is 0. The fourth-order valence-corrected chi connectivity index (χ4v) is 1.00. The standard InChI is InChI=1S/C10H8O4/c1-2-8(12)6-3-9(13)7(5-11)10(14)4-6/h2-5,13-14H,1H2. The summed E-state index contributed by atoms with van der Waals surface area (Å²) in [7, 11) is 0. The number of benzene rings is 1. The van der Waals surface area contributed by atoms with Gasteiger partial charge in [0.1, 0.15) is 11.5 Å². The average molecular weight is 192 g/mol. The van der Waals surface area contributed by atoms with Crippen molar-refractivity contribution in [2.45, 2.75) is 0 Å². The number of phenols is 2. The van der Waals surface area contributed by atoms with Crippen LogP contribution in [-0.4, -0.2) is 22.3 Å². The second-order valence-electron chi connectivity index (χ2n) is 2.61. The molecule has 0 spiro atoms. The Kier molecular flexibility index (Phi) is 2.67. The van der Waals surface area contributed by atoms with E-state index in [1.165, 1.54) is 0 Å². The van der Waals surface area contributed by atoms with Gasteiger partial charge in [0, 0.05) is 5.56 Å². The number of hydrogen-bond acceptors (Lipinski definition) is 4. The zero-order valence-corrected chi connectivity index (χ0v) is 7.23. The minimum atomic E-state index is -0.437. The lowest BCUT2D eigenvalue weighted by Gasteiger charge is -2.03. The Morgan fingerprint density at radius 2 is 1.79 bits per heavy atom. The molecule has 4 nitrogen and oxygen atoms in total. The van der Waals surface area contributed by atoms with E-state index in [9.17, 15) is 19.8 Å². The van der Waals surface area contributed by atoms with Crippen LogP contribution in [-0.2, 0) is 0 Å². The van der Waals surface area contributed by atoms with E-state index in [1.54, 1.807) is 0 Å². The average Bonchev–Trinajstić information content (AvgIpc) is 2.16. The van der Waals surface area contributed by atoms with Crippen molar-refractivity contribution in [3.05, 3.63) is 35.9 Å². The number of allylic oxidation sites excluding steroid dienone is 1. The van der Waals surface area contributed by atoms with Gasteiger partial charge in [0.2, 0.25) is 0 Å². The van der Waals surface area contributed by atoms with E-state index in [0.717, 1.165) is 18.2 Å². The van der Waals surface area contributed by atoms with Crippen molar-refractivity contribution >= 4 is 12.1 Å². The van der Waals surface area contributed by atoms with E-state index < -0.39 is 17.3 Å². The Morgan fingerprint density at radius 3 is 2.14 bits per heavy atom. The largest absolute Gasteiger partial charge is 0.507 e. The molecule has 1 aromatic rings. The van der Waals surface area contributed by atoms with Crippen LogP contribution in [0.1, 0.15) is 20.7 Å². The van der Waals surface area contributed by atoms with Crippen LogP contribution in [0.15, 0.2) is 24.8 Å². The predicted octanol–water partition coefficient (Wildman–Crippen LogP) is 1.28. The number of ketones is 1. The fourth-order valence-electron chi connectivity index (χ4n) is 1.00. The normalized spacial score (nSPS) is 9.43. The second kappa shape index (κ2) is 3.74. The van der Waals surface area contributed by atoms with Gasteiger partial charge in [-0.05, 0) is 18.2 Å². The molecule has 0 unspecified atom stereocenters. The Labute approximate surface area is 80.1 Å². The summed E-state index contributed by atoms with van der Waals surface area (Å²) in [4.78, 5) is 21.5. The number of carbonyl (C=O) groups excluding carboxylic acids is 2. The van der Waals surface area contributed by atoms with Crippen molar-refractivity contribution in [2.75, 3.05) is 0 Å². The Morgan fingerprint density at radius 1 is 1.29 bits per heavy atom. The van der Waals surface area contributed by atoms with Crippen LogP contribution < -0.4 is 0 Å². The van der Waals surface area contributed by atoms with Crippen molar-refractivity contribution in [3.63, 3.8) is 0 Å². The van der Waals surface area contributed by atoms with E-state index >= 15 is 0 Å². The van der Waals surface area contributed by atoms with Gasteiger partial charge in [-0.25, -0.2) is 0 Å². The highest BCUT2D eigenvalue weighted by atomic mass is 16.3.